The van der Waals surface area contributed by atoms with Gasteiger partial charge in [0.15, 0.2) is 5.58 Å². The molecule has 146 valence electrons. The first-order chi connectivity index (χ1) is 14.1. The van der Waals surface area contributed by atoms with E-state index in [9.17, 15) is 4.79 Å². The second-order valence-corrected chi connectivity index (χ2v) is 7.71. The van der Waals surface area contributed by atoms with Gasteiger partial charge in [-0.1, -0.05) is 11.6 Å². The van der Waals surface area contributed by atoms with E-state index in [1.165, 1.54) is 11.8 Å². The number of oxazole rings is 1. The number of thioether (sulfide) groups is 1. The summed E-state index contributed by atoms with van der Waals surface area (Å²) in [5, 5.41) is 3.51. The van der Waals surface area contributed by atoms with Crippen LogP contribution in [0.15, 0.2) is 76.0 Å². The van der Waals surface area contributed by atoms with E-state index >= 15 is 0 Å². The van der Waals surface area contributed by atoms with Crippen LogP contribution in [0.1, 0.15) is 0 Å². The van der Waals surface area contributed by atoms with Gasteiger partial charge in [-0.3, -0.25) is 4.79 Å². The molecule has 0 aliphatic carbocycles. The number of hydrogen-bond donors (Lipinski definition) is 1. The van der Waals surface area contributed by atoms with Gasteiger partial charge in [-0.15, -0.1) is 11.8 Å². The van der Waals surface area contributed by atoms with E-state index in [1.807, 2.05) is 48.5 Å². The Bertz CT molecular complexity index is 1140. The summed E-state index contributed by atoms with van der Waals surface area (Å²) in [7, 11) is 1.63. The number of fused-ring (bicyclic) bond motifs is 1. The second kappa shape index (κ2) is 8.59. The van der Waals surface area contributed by atoms with Crippen molar-refractivity contribution in [3.05, 3.63) is 71.8 Å². The largest absolute Gasteiger partial charge is 0.497 e. The molecule has 1 heterocycles. The third kappa shape index (κ3) is 4.72. The molecule has 7 heteroatoms. The standard InChI is InChI=1S/C22H17ClN2O3S/c1-27-17-7-9-18(10-8-17)29-13-21(26)24-16-5-2-14(3-6-16)22-25-19-12-15(23)4-11-20(19)28-22/h2-12H,13H2,1H3,(H,24,26). The molecule has 5 nitrogen and oxygen atoms in total. The average Bonchev–Trinajstić information content (AvgIpc) is 3.16. The van der Waals surface area contributed by atoms with Crippen LogP contribution in [-0.4, -0.2) is 23.8 Å². The Morgan fingerprint density at radius 2 is 1.86 bits per heavy atom. The summed E-state index contributed by atoms with van der Waals surface area (Å²) < 4.78 is 10.9. The molecule has 0 spiro atoms. The smallest absolute Gasteiger partial charge is 0.234 e. The third-order valence-corrected chi connectivity index (χ3v) is 5.44. The van der Waals surface area contributed by atoms with E-state index in [2.05, 4.69) is 10.3 Å². The Morgan fingerprint density at radius 3 is 2.59 bits per heavy atom. The Balaban J connectivity index is 1.37. The van der Waals surface area contributed by atoms with Gasteiger partial charge in [0.1, 0.15) is 11.3 Å². The Kier molecular flexibility index (Phi) is 5.74. The number of rotatable bonds is 6. The number of hydrogen-bond acceptors (Lipinski definition) is 5. The van der Waals surface area contributed by atoms with E-state index in [0.717, 1.165) is 16.2 Å². The molecule has 29 heavy (non-hydrogen) atoms. The van der Waals surface area contributed by atoms with Gasteiger partial charge in [0, 0.05) is 21.2 Å². The molecule has 3 aromatic carbocycles. The number of ether oxygens (including phenoxy) is 1. The number of halogens is 1. The molecule has 0 saturated carbocycles. The molecule has 0 bridgehead atoms. The van der Waals surface area contributed by atoms with Crippen LogP contribution in [0.4, 0.5) is 5.69 Å². The molecule has 1 N–H and O–H groups in total. The van der Waals surface area contributed by atoms with Crippen molar-refractivity contribution in [1.29, 1.82) is 0 Å². The highest BCUT2D eigenvalue weighted by Gasteiger charge is 2.09. The number of benzene rings is 3. The zero-order valence-electron chi connectivity index (χ0n) is 15.5. The van der Waals surface area contributed by atoms with Gasteiger partial charge in [-0.05, 0) is 66.7 Å². The van der Waals surface area contributed by atoms with Crippen molar-refractivity contribution in [1.82, 2.24) is 4.98 Å². The lowest BCUT2D eigenvalue weighted by Crippen LogP contribution is -2.13. The summed E-state index contributed by atoms with van der Waals surface area (Å²) in [4.78, 5) is 17.7. The molecule has 0 aliphatic heterocycles. The maximum Gasteiger partial charge on any atom is 0.234 e. The molecule has 4 rings (SSSR count). The number of carbonyl (C=O) groups is 1. The van der Waals surface area contributed by atoms with Crippen LogP contribution in [0.2, 0.25) is 5.02 Å². The summed E-state index contributed by atoms with van der Waals surface area (Å²) in [6, 6.07) is 20.3. The van der Waals surface area contributed by atoms with E-state index in [1.54, 1.807) is 25.3 Å². The summed E-state index contributed by atoms with van der Waals surface area (Å²) >= 11 is 7.46. The number of methoxy groups -OCH3 is 1. The first kappa shape index (κ1) is 19.4. The van der Waals surface area contributed by atoms with Gasteiger partial charge in [0.25, 0.3) is 0 Å². The SMILES string of the molecule is COc1ccc(SCC(=O)Nc2ccc(-c3nc4cc(Cl)ccc4o3)cc2)cc1. The van der Waals surface area contributed by atoms with Gasteiger partial charge in [-0.25, -0.2) is 4.98 Å². The minimum atomic E-state index is -0.0740. The van der Waals surface area contributed by atoms with Crippen LogP contribution in [0.3, 0.4) is 0 Å². The molecule has 0 saturated heterocycles. The minimum absolute atomic E-state index is 0.0740. The number of aromatic nitrogens is 1. The first-order valence-electron chi connectivity index (χ1n) is 8.84. The molecule has 1 amide bonds. The van der Waals surface area contributed by atoms with Crippen LogP contribution in [0.25, 0.3) is 22.6 Å². The van der Waals surface area contributed by atoms with Crippen LogP contribution < -0.4 is 10.1 Å². The summed E-state index contributed by atoms with van der Waals surface area (Å²) in [6.07, 6.45) is 0. The van der Waals surface area contributed by atoms with Crippen molar-refractivity contribution in [2.45, 2.75) is 4.90 Å². The number of nitrogens with one attached hydrogen (secondary N) is 1. The summed E-state index contributed by atoms with van der Waals surface area (Å²) in [5.41, 5.74) is 2.92. The molecular weight excluding hydrogens is 408 g/mol. The number of anilines is 1. The van der Waals surface area contributed by atoms with Crippen molar-refractivity contribution >= 4 is 46.1 Å². The molecule has 0 fully saturated rings. The van der Waals surface area contributed by atoms with Gasteiger partial charge in [-0.2, -0.15) is 0 Å². The molecule has 0 radical (unpaired) electrons. The molecule has 0 atom stereocenters. The third-order valence-electron chi connectivity index (χ3n) is 4.19. The molecule has 0 aliphatic rings. The van der Waals surface area contributed by atoms with Gasteiger partial charge in [0.2, 0.25) is 11.8 Å². The maximum atomic E-state index is 12.2. The molecular formula is C22H17ClN2O3S. The monoisotopic (exact) mass is 424 g/mol. The Labute approximate surface area is 177 Å². The zero-order valence-corrected chi connectivity index (χ0v) is 17.1. The van der Waals surface area contributed by atoms with Crippen LogP contribution >= 0.6 is 23.4 Å². The fourth-order valence-electron chi connectivity index (χ4n) is 2.74. The van der Waals surface area contributed by atoms with E-state index in [-0.39, 0.29) is 5.91 Å². The Hall–Kier alpha value is -2.96. The quantitative estimate of drug-likeness (QED) is 0.391. The first-order valence-corrected chi connectivity index (χ1v) is 10.2. The van der Waals surface area contributed by atoms with Crippen molar-refractivity contribution in [3.8, 4) is 17.2 Å². The number of amides is 1. The van der Waals surface area contributed by atoms with Crippen LogP contribution in [-0.2, 0) is 4.79 Å². The van der Waals surface area contributed by atoms with Crippen molar-refractivity contribution in [2.24, 2.45) is 0 Å². The summed E-state index contributed by atoms with van der Waals surface area (Å²) in [6.45, 7) is 0. The van der Waals surface area contributed by atoms with Gasteiger partial charge >= 0.3 is 0 Å². The molecule has 4 aromatic rings. The zero-order chi connectivity index (χ0) is 20.2. The fourth-order valence-corrected chi connectivity index (χ4v) is 3.60. The highest BCUT2D eigenvalue weighted by molar-refractivity contribution is 8.00. The topological polar surface area (TPSA) is 64.4 Å². The van der Waals surface area contributed by atoms with E-state index in [4.69, 9.17) is 20.8 Å². The predicted molar refractivity (Wildman–Crippen MR) is 117 cm³/mol. The highest BCUT2D eigenvalue weighted by Crippen LogP contribution is 2.27. The van der Waals surface area contributed by atoms with E-state index in [0.29, 0.717) is 33.5 Å². The molecule has 0 unspecified atom stereocenters. The second-order valence-electron chi connectivity index (χ2n) is 6.22. The predicted octanol–water partition coefficient (Wildman–Crippen LogP) is 5.89. The number of carbonyl (C=O) groups excluding carboxylic acids is 1. The fraction of sp³-hybridized carbons (Fsp3) is 0.0909. The lowest BCUT2D eigenvalue weighted by atomic mass is 10.2. The van der Waals surface area contributed by atoms with Gasteiger partial charge < -0.3 is 14.5 Å². The lowest BCUT2D eigenvalue weighted by Gasteiger charge is -2.06. The van der Waals surface area contributed by atoms with Crippen molar-refractivity contribution in [3.63, 3.8) is 0 Å². The van der Waals surface area contributed by atoms with Crippen molar-refractivity contribution in [2.75, 3.05) is 18.2 Å². The normalized spacial score (nSPS) is 10.8. The van der Waals surface area contributed by atoms with Crippen molar-refractivity contribution < 1.29 is 13.9 Å². The van der Waals surface area contributed by atoms with E-state index < -0.39 is 0 Å². The summed E-state index contributed by atoms with van der Waals surface area (Å²) in [5.74, 6) is 1.55. The van der Waals surface area contributed by atoms with Gasteiger partial charge in [0.05, 0.1) is 12.9 Å². The minimum Gasteiger partial charge on any atom is -0.497 e. The average molecular weight is 425 g/mol. The van der Waals surface area contributed by atoms with Crippen LogP contribution in [0, 0.1) is 0 Å². The maximum absolute atomic E-state index is 12.2. The Morgan fingerprint density at radius 1 is 1.10 bits per heavy atom. The lowest BCUT2D eigenvalue weighted by molar-refractivity contribution is -0.113. The number of nitrogens with zero attached hydrogens (tertiary/aromatic N) is 1. The highest BCUT2D eigenvalue weighted by atomic mass is 35.5. The van der Waals surface area contributed by atoms with Crippen LogP contribution in [0.5, 0.6) is 5.75 Å². The molecule has 1 aromatic heterocycles.